The number of carbonyl (C=O) groups is 1. The van der Waals surface area contributed by atoms with Gasteiger partial charge in [0, 0.05) is 25.7 Å². The lowest BCUT2D eigenvalue weighted by Crippen LogP contribution is -2.59. The maximum absolute atomic E-state index is 12.3. The molecule has 0 aliphatic carbocycles. The van der Waals surface area contributed by atoms with E-state index in [9.17, 15) is 9.90 Å². The van der Waals surface area contributed by atoms with Gasteiger partial charge in [0.25, 0.3) is 0 Å². The molecule has 0 aromatic carbocycles. The van der Waals surface area contributed by atoms with E-state index in [1.165, 1.54) is 0 Å². The first-order valence-electron chi connectivity index (χ1n) is 6.15. The summed E-state index contributed by atoms with van der Waals surface area (Å²) < 4.78 is 5.63. The zero-order chi connectivity index (χ0) is 12.0. The Morgan fingerprint density at radius 3 is 2.62 bits per heavy atom. The van der Waals surface area contributed by atoms with E-state index in [2.05, 4.69) is 0 Å². The SMILES string of the molecule is CC(C)(C)OC(=O)[N+]12CCCC1CCC2O. The summed E-state index contributed by atoms with van der Waals surface area (Å²) in [7, 11) is 0. The van der Waals surface area contributed by atoms with Crippen LogP contribution in [0.15, 0.2) is 0 Å². The van der Waals surface area contributed by atoms with Gasteiger partial charge in [0.15, 0.2) is 0 Å². The molecule has 2 aliphatic heterocycles. The number of fused-ring (bicyclic) bond motifs is 1. The largest absolute Gasteiger partial charge is 0.518 e. The number of ether oxygens (including phenoxy) is 1. The van der Waals surface area contributed by atoms with Crippen LogP contribution in [0.4, 0.5) is 4.79 Å². The highest BCUT2D eigenvalue weighted by molar-refractivity contribution is 5.61. The van der Waals surface area contributed by atoms with Crippen LogP contribution in [0.5, 0.6) is 0 Å². The second-order valence-electron chi connectivity index (χ2n) is 5.99. The van der Waals surface area contributed by atoms with Crippen LogP contribution in [0, 0.1) is 0 Å². The molecule has 1 amide bonds. The number of hydrogen-bond acceptors (Lipinski definition) is 3. The number of hydrogen-bond donors (Lipinski definition) is 1. The normalized spacial score (nSPS) is 38.5. The summed E-state index contributed by atoms with van der Waals surface area (Å²) in [6.45, 7) is 6.35. The minimum absolute atomic E-state index is 0.164. The first kappa shape index (κ1) is 11.9. The smallest absolute Gasteiger partial charge is 0.414 e. The first-order valence-corrected chi connectivity index (χ1v) is 6.15. The minimum Gasteiger partial charge on any atom is -0.414 e. The lowest BCUT2D eigenvalue weighted by atomic mass is 10.1. The third kappa shape index (κ3) is 1.74. The lowest BCUT2D eigenvalue weighted by molar-refractivity contribution is -0.902. The molecule has 0 bridgehead atoms. The summed E-state index contributed by atoms with van der Waals surface area (Å²) in [5.41, 5.74) is -0.473. The summed E-state index contributed by atoms with van der Waals surface area (Å²) in [6.07, 6.45) is 2.93. The van der Waals surface area contributed by atoms with E-state index in [0.29, 0.717) is 0 Å². The molecular formula is C12H22NO3+. The fraction of sp³-hybridized carbons (Fsp3) is 0.917. The van der Waals surface area contributed by atoms with Gasteiger partial charge in [-0.25, -0.2) is 0 Å². The fourth-order valence-electron chi connectivity index (χ4n) is 3.05. The van der Waals surface area contributed by atoms with E-state index in [-0.39, 0.29) is 16.6 Å². The molecule has 16 heavy (non-hydrogen) atoms. The Labute approximate surface area is 96.8 Å². The highest BCUT2D eigenvalue weighted by atomic mass is 16.6. The summed E-state index contributed by atoms with van der Waals surface area (Å²) in [5.74, 6) is 0. The molecule has 0 radical (unpaired) electrons. The van der Waals surface area contributed by atoms with Gasteiger partial charge in [0.2, 0.25) is 6.23 Å². The van der Waals surface area contributed by atoms with Crippen molar-refractivity contribution in [2.45, 2.75) is 64.3 Å². The van der Waals surface area contributed by atoms with E-state index in [1.807, 2.05) is 20.8 Å². The lowest BCUT2D eigenvalue weighted by Gasteiger charge is -2.35. The zero-order valence-corrected chi connectivity index (χ0v) is 10.4. The highest BCUT2D eigenvalue weighted by Gasteiger charge is 2.59. The molecule has 4 heteroatoms. The van der Waals surface area contributed by atoms with Gasteiger partial charge in [-0.2, -0.15) is 9.28 Å². The number of quaternary nitrogens is 1. The Balaban J connectivity index is 2.19. The predicted octanol–water partition coefficient (Wildman–Crippen LogP) is 2.01. The Morgan fingerprint density at radius 2 is 2.00 bits per heavy atom. The maximum atomic E-state index is 12.3. The van der Waals surface area contributed by atoms with Crippen LogP contribution in [0.1, 0.15) is 46.5 Å². The number of amides is 1. The van der Waals surface area contributed by atoms with Gasteiger partial charge in [0.1, 0.15) is 11.6 Å². The number of aliphatic hydroxyl groups excluding tert-OH is 1. The molecule has 0 saturated carbocycles. The summed E-state index contributed by atoms with van der Waals surface area (Å²) >= 11 is 0. The van der Waals surface area contributed by atoms with E-state index in [4.69, 9.17) is 4.74 Å². The van der Waals surface area contributed by atoms with E-state index in [0.717, 1.165) is 32.2 Å². The average molecular weight is 228 g/mol. The summed E-state index contributed by atoms with van der Waals surface area (Å²) in [6, 6.07) is 0.282. The van der Waals surface area contributed by atoms with Gasteiger partial charge in [-0.1, -0.05) is 0 Å². The van der Waals surface area contributed by atoms with Crippen molar-refractivity contribution < 1.29 is 19.1 Å². The van der Waals surface area contributed by atoms with Gasteiger partial charge in [-0.15, -0.1) is 0 Å². The molecule has 3 atom stereocenters. The first-order chi connectivity index (χ1) is 7.36. The molecule has 0 aromatic heterocycles. The molecule has 1 N–H and O–H groups in total. The van der Waals surface area contributed by atoms with Crippen molar-refractivity contribution in [1.82, 2.24) is 0 Å². The Morgan fingerprint density at radius 1 is 1.31 bits per heavy atom. The summed E-state index contributed by atoms with van der Waals surface area (Å²) in [4.78, 5) is 12.3. The van der Waals surface area contributed by atoms with Crippen molar-refractivity contribution in [2.75, 3.05) is 6.54 Å². The quantitative estimate of drug-likeness (QED) is 0.645. The van der Waals surface area contributed by atoms with Crippen molar-refractivity contribution in [3.05, 3.63) is 0 Å². The fourth-order valence-corrected chi connectivity index (χ4v) is 3.05. The predicted molar refractivity (Wildman–Crippen MR) is 59.6 cm³/mol. The molecule has 2 aliphatic rings. The summed E-state index contributed by atoms with van der Waals surface area (Å²) in [5, 5.41) is 10.1. The Kier molecular flexibility index (Phi) is 2.75. The highest BCUT2D eigenvalue weighted by Crippen LogP contribution is 2.41. The number of aliphatic hydroxyl groups is 1. The van der Waals surface area contributed by atoms with Crippen molar-refractivity contribution >= 4 is 6.09 Å². The van der Waals surface area contributed by atoms with Gasteiger partial charge >= 0.3 is 6.09 Å². The average Bonchev–Trinajstić information content (AvgIpc) is 2.65. The van der Waals surface area contributed by atoms with Gasteiger partial charge in [-0.3, -0.25) is 0 Å². The van der Waals surface area contributed by atoms with Crippen LogP contribution in [0.3, 0.4) is 0 Å². The van der Waals surface area contributed by atoms with Crippen LogP contribution in [0.25, 0.3) is 0 Å². The molecule has 2 saturated heterocycles. The second kappa shape index (κ2) is 3.70. The molecule has 2 fully saturated rings. The van der Waals surface area contributed by atoms with Crippen molar-refractivity contribution in [2.24, 2.45) is 0 Å². The second-order valence-corrected chi connectivity index (χ2v) is 5.99. The van der Waals surface area contributed by atoms with Crippen LogP contribution in [0.2, 0.25) is 0 Å². The standard InChI is InChI=1S/C12H22NO3/c1-12(2,3)16-11(15)13-8-4-5-9(13)6-7-10(13)14/h9-10,14H,4-8H2,1-3H3/q+1. The van der Waals surface area contributed by atoms with Crippen LogP contribution >= 0.6 is 0 Å². The molecule has 2 heterocycles. The molecular weight excluding hydrogens is 206 g/mol. The van der Waals surface area contributed by atoms with Crippen molar-refractivity contribution in [1.29, 1.82) is 0 Å². The third-order valence-corrected chi connectivity index (χ3v) is 3.74. The van der Waals surface area contributed by atoms with E-state index in [1.54, 1.807) is 0 Å². The minimum atomic E-state index is -0.553. The van der Waals surface area contributed by atoms with Crippen LogP contribution < -0.4 is 0 Å². The number of carbonyl (C=O) groups excluding carboxylic acids is 1. The molecule has 3 unspecified atom stereocenters. The Hall–Kier alpha value is -0.610. The monoisotopic (exact) mass is 228 g/mol. The van der Waals surface area contributed by atoms with Gasteiger partial charge < -0.3 is 9.84 Å². The maximum Gasteiger partial charge on any atom is 0.518 e. The molecule has 2 rings (SSSR count). The van der Waals surface area contributed by atoms with E-state index >= 15 is 0 Å². The molecule has 0 aromatic rings. The number of nitrogens with zero attached hydrogens (tertiary/aromatic N) is 1. The zero-order valence-electron chi connectivity index (χ0n) is 10.4. The van der Waals surface area contributed by atoms with Gasteiger partial charge in [0.05, 0.1) is 6.54 Å². The topological polar surface area (TPSA) is 46.5 Å². The van der Waals surface area contributed by atoms with Crippen molar-refractivity contribution in [3.63, 3.8) is 0 Å². The van der Waals surface area contributed by atoms with Crippen LogP contribution in [-0.4, -0.2) is 40.1 Å². The van der Waals surface area contributed by atoms with Gasteiger partial charge in [-0.05, 0) is 20.8 Å². The van der Waals surface area contributed by atoms with Crippen LogP contribution in [-0.2, 0) is 4.74 Å². The third-order valence-electron chi connectivity index (χ3n) is 3.74. The number of rotatable bonds is 0. The Bertz CT molecular complexity index is 297. The van der Waals surface area contributed by atoms with E-state index < -0.39 is 11.8 Å². The molecule has 92 valence electrons. The molecule has 4 nitrogen and oxygen atoms in total. The van der Waals surface area contributed by atoms with Crippen molar-refractivity contribution in [3.8, 4) is 0 Å². The molecule has 0 spiro atoms.